The zero-order chi connectivity index (χ0) is 11.4. The molecule has 0 heterocycles. The molecule has 0 rings (SSSR count). The molecule has 0 aliphatic heterocycles. The van der Waals surface area contributed by atoms with Crippen LogP contribution in [0.3, 0.4) is 0 Å². The molecule has 0 aromatic heterocycles. The number of nitrogens with two attached hydrogens (primary N) is 1. The monoisotopic (exact) mass is 201 g/mol. The van der Waals surface area contributed by atoms with E-state index in [4.69, 9.17) is 10.5 Å². The van der Waals surface area contributed by atoms with Crippen LogP contribution in [0.15, 0.2) is 0 Å². The molecule has 2 N–H and O–H groups in total. The summed E-state index contributed by atoms with van der Waals surface area (Å²) in [5.41, 5.74) is 5.45. The van der Waals surface area contributed by atoms with Crippen LogP contribution in [0.2, 0.25) is 0 Å². The van der Waals surface area contributed by atoms with Crippen molar-refractivity contribution in [1.82, 2.24) is 0 Å². The summed E-state index contributed by atoms with van der Waals surface area (Å²) in [6.45, 7) is 9.91. The number of carbonyl (C=O) groups excluding carboxylic acids is 1. The summed E-state index contributed by atoms with van der Waals surface area (Å²) >= 11 is 0. The molecule has 0 aliphatic rings. The van der Waals surface area contributed by atoms with E-state index in [1.54, 1.807) is 6.92 Å². The fourth-order valence-corrected chi connectivity index (χ4v) is 1.29. The molecule has 0 aromatic carbocycles. The number of rotatable bonds is 5. The summed E-state index contributed by atoms with van der Waals surface area (Å²) < 4.78 is 5.27. The Hall–Kier alpha value is -0.570. The highest BCUT2D eigenvalue weighted by molar-refractivity contribution is 5.75. The second-order valence-corrected chi connectivity index (χ2v) is 4.61. The van der Waals surface area contributed by atoms with E-state index < -0.39 is 6.04 Å². The predicted molar refractivity (Wildman–Crippen MR) is 57.9 cm³/mol. The maximum Gasteiger partial charge on any atom is 0.322 e. The van der Waals surface area contributed by atoms with Gasteiger partial charge in [0.1, 0.15) is 12.1 Å². The second-order valence-electron chi connectivity index (χ2n) is 4.61. The smallest absolute Gasteiger partial charge is 0.322 e. The molecule has 0 saturated carbocycles. The second kappa shape index (κ2) is 5.35. The lowest BCUT2D eigenvalue weighted by Gasteiger charge is -2.31. The Morgan fingerprint density at radius 1 is 1.43 bits per heavy atom. The first-order chi connectivity index (χ1) is 6.31. The summed E-state index contributed by atoms with van der Waals surface area (Å²) in [4.78, 5) is 11.3. The molecule has 84 valence electrons. The first-order valence-electron chi connectivity index (χ1n) is 5.27. The lowest BCUT2D eigenvalue weighted by atomic mass is 9.83. The van der Waals surface area contributed by atoms with E-state index >= 15 is 0 Å². The van der Waals surface area contributed by atoms with Crippen LogP contribution in [0.25, 0.3) is 0 Å². The van der Waals surface area contributed by atoms with E-state index in [9.17, 15) is 4.79 Å². The van der Waals surface area contributed by atoms with Crippen LogP contribution in [-0.2, 0) is 9.53 Å². The highest BCUT2D eigenvalue weighted by Gasteiger charge is 2.28. The van der Waals surface area contributed by atoms with Gasteiger partial charge in [0.2, 0.25) is 0 Å². The average molecular weight is 201 g/mol. The minimum Gasteiger partial charge on any atom is -0.461 e. The third-order valence-corrected chi connectivity index (χ3v) is 2.66. The van der Waals surface area contributed by atoms with E-state index in [2.05, 4.69) is 20.8 Å². The molecule has 0 spiro atoms. The summed E-state index contributed by atoms with van der Waals surface area (Å²) in [5.74, 6) is -0.318. The molecule has 14 heavy (non-hydrogen) atoms. The van der Waals surface area contributed by atoms with Crippen LogP contribution < -0.4 is 5.73 Å². The van der Waals surface area contributed by atoms with Gasteiger partial charge in [0, 0.05) is 5.41 Å². The molecular formula is C11H23NO2. The average Bonchev–Trinajstić information content (AvgIpc) is 2.03. The molecule has 0 aromatic rings. The largest absolute Gasteiger partial charge is 0.461 e. The zero-order valence-corrected chi connectivity index (χ0v) is 9.96. The first kappa shape index (κ1) is 13.4. The fraction of sp³-hybridized carbons (Fsp3) is 0.909. The van der Waals surface area contributed by atoms with Crippen molar-refractivity contribution >= 4 is 5.97 Å². The van der Waals surface area contributed by atoms with Crippen molar-refractivity contribution in [3.05, 3.63) is 0 Å². The minimum atomic E-state index is -0.533. The normalized spacial score (nSPS) is 16.1. The van der Waals surface area contributed by atoms with E-state index in [1.807, 2.05) is 6.92 Å². The fourth-order valence-electron chi connectivity index (χ4n) is 1.29. The predicted octanol–water partition coefficient (Wildman–Crippen LogP) is 2.09. The Morgan fingerprint density at radius 2 is 1.93 bits per heavy atom. The van der Waals surface area contributed by atoms with Gasteiger partial charge in [-0.1, -0.05) is 27.2 Å². The maximum absolute atomic E-state index is 11.3. The Bertz CT molecular complexity index is 188. The topological polar surface area (TPSA) is 52.3 Å². The Kier molecular flexibility index (Phi) is 5.13. The van der Waals surface area contributed by atoms with Gasteiger partial charge < -0.3 is 10.5 Å². The SMILES string of the molecule is CCCC(C)(C)C(C)OC(=O)C(C)N. The minimum absolute atomic E-state index is 0.0271. The van der Waals surface area contributed by atoms with Gasteiger partial charge >= 0.3 is 5.97 Å². The summed E-state index contributed by atoms with van der Waals surface area (Å²) in [5, 5.41) is 0. The number of ether oxygens (including phenoxy) is 1. The van der Waals surface area contributed by atoms with Gasteiger partial charge in [0.25, 0.3) is 0 Å². The van der Waals surface area contributed by atoms with Crippen LogP contribution in [0.1, 0.15) is 47.5 Å². The van der Waals surface area contributed by atoms with E-state index in [1.165, 1.54) is 0 Å². The van der Waals surface area contributed by atoms with Gasteiger partial charge in [0.15, 0.2) is 0 Å². The van der Waals surface area contributed by atoms with E-state index in [0.717, 1.165) is 12.8 Å². The lowest BCUT2D eigenvalue weighted by Crippen LogP contribution is -2.37. The Morgan fingerprint density at radius 3 is 2.29 bits per heavy atom. The van der Waals surface area contributed by atoms with Crippen molar-refractivity contribution in [3.63, 3.8) is 0 Å². The molecule has 0 bridgehead atoms. The summed E-state index contributed by atoms with van der Waals surface area (Å²) in [6, 6.07) is -0.533. The summed E-state index contributed by atoms with van der Waals surface area (Å²) in [7, 11) is 0. The van der Waals surface area contributed by atoms with Crippen LogP contribution in [0.4, 0.5) is 0 Å². The molecule has 0 amide bonds. The highest BCUT2D eigenvalue weighted by atomic mass is 16.5. The van der Waals surface area contributed by atoms with Crippen LogP contribution in [-0.4, -0.2) is 18.1 Å². The first-order valence-corrected chi connectivity index (χ1v) is 5.27. The van der Waals surface area contributed by atoms with Crippen molar-refractivity contribution in [2.75, 3.05) is 0 Å². The molecule has 2 unspecified atom stereocenters. The van der Waals surface area contributed by atoms with Crippen LogP contribution in [0, 0.1) is 5.41 Å². The molecule has 0 fully saturated rings. The van der Waals surface area contributed by atoms with Crippen molar-refractivity contribution in [2.24, 2.45) is 11.1 Å². The molecule has 2 atom stereocenters. The van der Waals surface area contributed by atoms with Gasteiger partial charge in [-0.25, -0.2) is 0 Å². The Balaban J connectivity index is 4.19. The third-order valence-electron chi connectivity index (χ3n) is 2.66. The number of hydrogen-bond acceptors (Lipinski definition) is 3. The van der Waals surface area contributed by atoms with Crippen molar-refractivity contribution in [1.29, 1.82) is 0 Å². The molecular weight excluding hydrogens is 178 g/mol. The van der Waals surface area contributed by atoms with Crippen molar-refractivity contribution in [3.8, 4) is 0 Å². The van der Waals surface area contributed by atoms with Crippen molar-refractivity contribution in [2.45, 2.75) is 59.6 Å². The molecule has 0 radical (unpaired) electrons. The van der Waals surface area contributed by atoms with Crippen LogP contribution in [0.5, 0.6) is 0 Å². The maximum atomic E-state index is 11.3. The third kappa shape index (κ3) is 4.09. The van der Waals surface area contributed by atoms with Gasteiger partial charge in [-0.15, -0.1) is 0 Å². The van der Waals surface area contributed by atoms with Gasteiger partial charge in [-0.05, 0) is 20.3 Å². The van der Waals surface area contributed by atoms with Gasteiger partial charge in [-0.2, -0.15) is 0 Å². The Labute approximate surface area is 87.0 Å². The van der Waals surface area contributed by atoms with Crippen LogP contribution >= 0.6 is 0 Å². The quantitative estimate of drug-likeness (QED) is 0.693. The summed E-state index contributed by atoms with van der Waals surface area (Å²) in [6.07, 6.45) is 2.05. The zero-order valence-electron chi connectivity index (χ0n) is 9.96. The van der Waals surface area contributed by atoms with Crippen molar-refractivity contribution < 1.29 is 9.53 Å². The van der Waals surface area contributed by atoms with E-state index in [-0.39, 0.29) is 17.5 Å². The standard InChI is InChI=1S/C11H23NO2/c1-6-7-11(4,5)9(3)14-10(13)8(2)12/h8-9H,6-7,12H2,1-5H3. The molecule has 3 heteroatoms. The lowest BCUT2D eigenvalue weighted by molar-refractivity contribution is -0.155. The van der Waals surface area contributed by atoms with E-state index in [0.29, 0.717) is 0 Å². The van der Waals surface area contributed by atoms with Gasteiger partial charge in [-0.3, -0.25) is 4.79 Å². The molecule has 0 saturated heterocycles. The number of carbonyl (C=O) groups is 1. The molecule has 3 nitrogen and oxygen atoms in total. The number of esters is 1. The molecule has 0 aliphatic carbocycles. The number of hydrogen-bond donors (Lipinski definition) is 1. The highest BCUT2D eigenvalue weighted by Crippen LogP contribution is 2.28. The van der Waals surface area contributed by atoms with Gasteiger partial charge in [0.05, 0.1) is 0 Å².